The fourth-order valence-corrected chi connectivity index (χ4v) is 2.30. The molecule has 0 fully saturated rings. The summed E-state index contributed by atoms with van der Waals surface area (Å²) in [7, 11) is 0. The SMILES string of the molecule is O=C(O)C(Cc1ccc(OCCc2ccc(Cl)cc2)cc1)C(=O)O. The lowest BCUT2D eigenvalue weighted by atomic mass is 10.00. The van der Waals surface area contributed by atoms with Crippen molar-refractivity contribution in [1.29, 1.82) is 0 Å². The Morgan fingerprint density at radius 3 is 2.00 bits per heavy atom. The highest BCUT2D eigenvalue weighted by Crippen LogP contribution is 2.16. The summed E-state index contributed by atoms with van der Waals surface area (Å²) in [6.07, 6.45) is 0.675. The minimum atomic E-state index is -1.44. The van der Waals surface area contributed by atoms with E-state index >= 15 is 0 Å². The quantitative estimate of drug-likeness (QED) is 0.715. The van der Waals surface area contributed by atoms with Crippen LogP contribution in [0, 0.1) is 5.92 Å². The number of rotatable bonds is 8. The first-order valence-electron chi connectivity index (χ1n) is 7.37. The molecule has 24 heavy (non-hydrogen) atoms. The second kappa shape index (κ2) is 8.36. The zero-order valence-corrected chi connectivity index (χ0v) is 13.6. The highest BCUT2D eigenvalue weighted by molar-refractivity contribution is 6.30. The highest BCUT2D eigenvalue weighted by atomic mass is 35.5. The molecule has 0 bridgehead atoms. The van der Waals surface area contributed by atoms with E-state index in [-0.39, 0.29) is 6.42 Å². The van der Waals surface area contributed by atoms with Gasteiger partial charge in [-0.2, -0.15) is 0 Å². The first kappa shape index (κ1) is 17.8. The summed E-state index contributed by atoms with van der Waals surface area (Å²) >= 11 is 5.83. The van der Waals surface area contributed by atoms with Crippen molar-refractivity contribution in [2.75, 3.05) is 6.61 Å². The molecule has 0 aliphatic heterocycles. The molecular formula is C18H17ClO5. The molecule has 2 N–H and O–H groups in total. The van der Waals surface area contributed by atoms with Crippen LogP contribution in [0.2, 0.25) is 5.02 Å². The fourth-order valence-electron chi connectivity index (χ4n) is 2.18. The topological polar surface area (TPSA) is 83.8 Å². The number of carboxylic acids is 2. The molecule has 0 atom stereocenters. The Labute approximate surface area is 144 Å². The molecular weight excluding hydrogens is 332 g/mol. The Morgan fingerprint density at radius 1 is 0.917 bits per heavy atom. The van der Waals surface area contributed by atoms with Gasteiger partial charge in [0.2, 0.25) is 0 Å². The normalized spacial score (nSPS) is 10.6. The minimum Gasteiger partial charge on any atom is -0.493 e. The Hall–Kier alpha value is -2.53. The second-order valence-electron chi connectivity index (χ2n) is 5.30. The molecule has 5 nitrogen and oxygen atoms in total. The van der Waals surface area contributed by atoms with Crippen LogP contribution < -0.4 is 4.74 Å². The zero-order chi connectivity index (χ0) is 17.5. The molecule has 0 aliphatic carbocycles. The average Bonchev–Trinajstić information content (AvgIpc) is 2.55. The predicted molar refractivity (Wildman–Crippen MR) is 89.6 cm³/mol. The maximum absolute atomic E-state index is 10.9. The molecule has 0 aromatic heterocycles. The zero-order valence-electron chi connectivity index (χ0n) is 12.8. The van der Waals surface area contributed by atoms with Gasteiger partial charge in [-0.15, -0.1) is 0 Å². The van der Waals surface area contributed by atoms with Gasteiger partial charge in [0, 0.05) is 11.4 Å². The molecule has 0 saturated carbocycles. The van der Waals surface area contributed by atoms with Crippen LogP contribution in [0.3, 0.4) is 0 Å². The number of ether oxygens (including phenoxy) is 1. The van der Waals surface area contributed by atoms with Crippen LogP contribution in [0.4, 0.5) is 0 Å². The number of aliphatic carboxylic acids is 2. The van der Waals surface area contributed by atoms with Crippen LogP contribution in [-0.4, -0.2) is 28.8 Å². The van der Waals surface area contributed by atoms with Crippen LogP contribution in [0.25, 0.3) is 0 Å². The molecule has 126 valence electrons. The molecule has 2 aromatic rings. The van der Waals surface area contributed by atoms with Gasteiger partial charge in [-0.25, -0.2) is 0 Å². The molecule has 0 spiro atoms. The van der Waals surface area contributed by atoms with Crippen LogP contribution in [0.15, 0.2) is 48.5 Å². The highest BCUT2D eigenvalue weighted by Gasteiger charge is 2.25. The van der Waals surface area contributed by atoms with E-state index in [1.165, 1.54) is 0 Å². The summed E-state index contributed by atoms with van der Waals surface area (Å²) in [6, 6.07) is 14.3. The van der Waals surface area contributed by atoms with E-state index in [0.29, 0.717) is 22.9 Å². The van der Waals surface area contributed by atoms with E-state index in [1.807, 2.05) is 24.3 Å². The molecule has 6 heteroatoms. The van der Waals surface area contributed by atoms with Crippen molar-refractivity contribution < 1.29 is 24.5 Å². The van der Waals surface area contributed by atoms with Crippen LogP contribution >= 0.6 is 11.6 Å². The molecule has 2 rings (SSSR count). The van der Waals surface area contributed by atoms with Crippen LogP contribution in [0.5, 0.6) is 5.75 Å². The van der Waals surface area contributed by atoms with Gasteiger partial charge in [0.25, 0.3) is 0 Å². The lowest BCUT2D eigenvalue weighted by molar-refractivity contribution is -0.154. The summed E-state index contributed by atoms with van der Waals surface area (Å²) in [5, 5.41) is 18.5. The summed E-state index contributed by atoms with van der Waals surface area (Å²) in [5.74, 6) is -3.48. The Morgan fingerprint density at radius 2 is 1.46 bits per heavy atom. The number of hydrogen-bond acceptors (Lipinski definition) is 3. The van der Waals surface area contributed by atoms with Gasteiger partial charge in [-0.1, -0.05) is 35.9 Å². The Balaban J connectivity index is 1.86. The summed E-state index contributed by atoms with van der Waals surface area (Å²) in [6.45, 7) is 0.494. The monoisotopic (exact) mass is 348 g/mol. The lowest BCUT2D eigenvalue weighted by Crippen LogP contribution is -2.25. The third kappa shape index (κ3) is 5.28. The van der Waals surface area contributed by atoms with Gasteiger partial charge < -0.3 is 14.9 Å². The van der Waals surface area contributed by atoms with E-state index in [4.69, 9.17) is 26.6 Å². The summed E-state index contributed by atoms with van der Waals surface area (Å²) in [5.41, 5.74) is 1.75. The van der Waals surface area contributed by atoms with E-state index in [0.717, 1.165) is 12.0 Å². The van der Waals surface area contributed by atoms with Crippen molar-refractivity contribution in [2.45, 2.75) is 12.8 Å². The first-order chi connectivity index (χ1) is 11.5. The van der Waals surface area contributed by atoms with Crippen molar-refractivity contribution in [1.82, 2.24) is 0 Å². The van der Waals surface area contributed by atoms with Gasteiger partial charge in [0.1, 0.15) is 5.75 Å². The molecule has 0 heterocycles. The third-order valence-corrected chi connectivity index (χ3v) is 3.78. The van der Waals surface area contributed by atoms with Gasteiger partial charge >= 0.3 is 11.9 Å². The van der Waals surface area contributed by atoms with Gasteiger partial charge in [-0.05, 0) is 41.8 Å². The van der Waals surface area contributed by atoms with Gasteiger partial charge in [-0.3, -0.25) is 9.59 Å². The van der Waals surface area contributed by atoms with E-state index in [1.54, 1.807) is 24.3 Å². The number of benzene rings is 2. The van der Waals surface area contributed by atoms with Gasteiger partial charge in [0.05, 0.1) is 6.61 Å². The number of carboxylic acid groups (broad SMARTS) is 2. The molecule has 0 unspecified atom stereocenters. The average molecular weight is 349 g/mol. The van der Waals surface area contributed by atoms with Crippen molar-refractivity contribution in [3.8, 4) is 5.75 Å². The van der Waals surface area contributed by atoms with E-state index < -0.39 is 17.9 Å². The Bertz CT molecular complexity index is 680. The maximum Gasteiger partial charge on any atom is 0.318 e. The van der Waals surface area contributed by atoms with Crippen molar-refractivity contribution >= 4 is 23.5 Å². The fraction of sp³-hybridized carbons (Fsp3) is 0.222. The van der Waals surface area contributed by atoms with E-state index in [9.17, 15) is 9.59 Å². The number of hydrogen-bond donors (Lipinski definition) is 2. The van der Waals surface area contributed by atoms with Crippen molar-refractivity contribution in [3.63, 3.8) is 0 Å². The molecule has 0 amide bonds. The largest absolute Gasteiger partial charge is 0.493 e. The molecule has 2 aromatic carbocycles. The van der Waals surface area contributed by atoms with Gasteiger partial charge in [0.15, 0.2) is 5.92 Å². The van der Waals surface area contributed by atoms with Crippen molar-refractivity contribution in [2.24, 2.45) is 5.92 Å². The summed E-state index contributed by atoms with van der Waals surface area (Å²) in [4.78, 5) is 21.8. The Kier molecular flexibility index (Phi) is 6.21. The third-order valence-electron chi connectivity index (χ3n) is 3.53. The first-order valence-corrected chi connectivity index (χ1v) is 7.75. The lowest BCUT2D eigenvalue weighted by Gasteiger charge is -2.09. The summed E-state index contributed by atoms with van der Waals surface area (Å²) < 4.78 is 5.63. The van der Waals surface area contributed by atoms with Crippen LogP contribution in [0.1, 0.15) is 11.1 Å². The van der Waals surface area contributed by atoms with E-state index in [2.05, 4.69) is 0 Å². The van der Waals surface area contributed by atoms with Crippen molar-refractivity contribution in [3.05, 3.63) is 64.7 Å². The molecule has 0 saturated heterocycles. The number of halogens is 1. The predicted octanol–water partition coefficient (Wildman–Crippen LogP) is 3.29. The maximum atomic E-state index is 10.9. The molecule has 0 aliphatic rings. The molecule has 0 radical (unpaired) electrons. The smallest absolute Gasteiger partial charge is 0.318 e. The second-order valence-corrected chi connectivity index (χ2v) is 5.74. The standard InChI is InChI=1S/C18H17ClO5/c19-14-5-1-12(2-6-14)9-10-24-15-7-3-13(4-8-15)11-16(17(20)21)18(22)23/h1-8,16H,9-11H2,(H,20,21)(H,22,23). The number of carbonyl (C=O) groups is 2. The minimum absolute atomic E-state index is 0.0598. The van der Waals surface area contributed by atoms with Crippen LogP contribution in [-0.2, 0) is 22.4 Å².